The van der Waals surface area contributed by atoms with Crippen molar-refractivity contribution >= 4 is 28.3 Å². The average Bonchev–Trinajstić information content (AvgIpc) is 3.39. The van der Waals surface area contributed by atoms with Crippen LogP contribution in [0.5, 0.6) is 0 Å². The summed E-state index contributed by atoms with van der Waals surface area (Å²) in [5.41, 5.74) is 1.01. The number of thiazole rings is 1. The van der Waals surface area contributed by atoms with Crippen molar-refractivity contribution in [3.63, 3.8) is 0 Å². The first kappa shape index (κ1) is 18.9. The first-order valence-corrected chi connectivity index (χ1v) is 10.3. The Morgan fingerprint density at radius 2 is 2.15 bits per heavy atom. The van der Waals surface area contributed by atoms with Crippen LogP contribution in [0, 0.1) is 5.92 Å². The molecule has 1 atom stereocenters. The number of likely N-dealkylation sites (tertiary alicyclic amines) is 1. The fourth-order valence-corrected chi connectivity index (χ4v) is 4.41. The zero-order chi connectivity index (χ0) is 18.5. The Kier molecular flexibility index (Phi) is 6.34. The minimum Gasteiger partial charge on any atom is -0.354 e. The SMILES string of the molecule is CN=C(NCc1csc(N(C)C)n1)NC1CCN(C(=O)C2CCCC2)C1. The zero-order valence-corrected chi connectivity index (χ0v) is 16.8. The second-order valence-corrected chi connectivity index (χ2v) is 8.17. The number of anilines is 1. The molecule has 1 amide bonds. The van der Waals surface area contributed by atoms with Crippen molar-refractivity contribution in [3.8, 4) is 0 Å². The number of aromatic nitrogens is 1. The van der Waals surface area contributed by atoms with Gasteiger partial charge in [-0.2, -0.15) is 0 Å². The average molecular weight is 379 g/mol. The molecule has 7 nitrogen and oxygen atoms in total. The van der Waals surface area contributed by atoms with E-state index in [4.69, 9.17) is 0 Å². The molecule has 144 valence electrons. The van der Waals surface area contributed by atoms with Gasteiger partial charge in [0.15, 0.2) is 11.1 Å². The molecule has 1 aliphatic heterocycles. The van der Waals surface area contributed by atoms with Crippen LogP contribution in [0.3, 0.4) is 0 Å². The van der Waals surface area contributed by atoms with E-state index in [1.807, 2.05) is 23.9 Å². The molecule has 8 heteroatoms. The van der Waals surface area contributed by atoms with E-state index in [0.717, 1.165) is 49.1 Å². The summed E-state index contributed by atoms with van der Waals surface area (Å²) < 4.78 is 0. The van der Waals surface area contributed by atoms with E-state index >= 15 is 0 Å². The van der Waals surface area contributed by atoms with E-state index in [9.17, 15) is 4.79 Å². The number of rotatable bonds is 5. The molecule has 2 heterocycles. The summed E-state index contributed by atoms with van der Waals surface area (Å²) in [5.74, 6) is 1.39. The van der Waals surface area contributed by atoms with E-state index in [1.54, 1.807) is 18.4 Å². The topological polar surface area (TPSA) is 72.9 Å². The number of nitrogens with zero attached hydrogens (tertiary/aromatic N) is 4. The van der Waals surface area contributed by atoms with Gasteiger partial charge in [0, 0.05) is 51.6 Å². The Hall–Kier alpha value is -1.83. The van der Waals surface area contributed by atoms with Crippen LogP contribution in [0.4, 0.5) is 5.13 Å². The van der Waals surface area contributed by atoms with Crippen LogP contribution in [-0.4, -0.2) is 62.0 Å². The molecule has 2 N–H and O–H groups in total. The van der Waals surface area contributed by atoms with Crippen LogP contribution in [0.1, 0.15) is 37.8 Å². The molecule has 1 aliphatic carbocycles. The highest BCUT2D eigenvalue weighted by atomic mass is 32.1. The summed E-state index contributed by atoms with van der Waals surface area (Å²) >= 11 is 1.64. The Balaban J connectivity index is 1.45. The minimum absolute atomic E-state index is 0.263. The highest BCUT2D eigenvalue weighted by molar-refractivity contribution is 7.13. The third-order valence-corrected chi connectivity index (χ3v) is 6.19. The Morgan fingerprint density at radius 1 is 1.38 bits per heavy atom. The highest BCUT2D eigenvalue weighted by Crippen LogP contribution is 2.27. The molecular weight excluding hydrogens is 348 g/mol. The Morgan fingerprint density at radius 3 is 2.81 bits per heavy atom. The lowest BCUT2D eigenvalue weighted by Gasteiger charge is -2.21. The molecule has 2 aliphatic rings. The first-order chi connectivity index (χ1) is 12.6. The van der Waals surface area contributed by atoms with Gasteiger partial charge in [-0.15, -0.1) is 11.3 Å². The molecule has 1 saturated heterocycles. The summed E-state index contributed by atoms with van der Waals surface area (Å²) in [7, 11) is 5.77. The predicted molar refractivity (Wildman–Crippen MR) is 107 cm³/mol. The fourth-order valence-electron chi connectivity index (χ4n) is 3.65. The van der Waals surface area contributed by atoms with Gasteiger partial charge < -0.3 is 20.4 Å². The van der Waals surface area contributed by atoms with Crippen molar-refractivity contribution in [2.45, 2.75) is 44.7 Å². The summed E-state index contributed by atoms with van der Waals surface area (Å²) in [6.45, 7) is 2.27. The number of nitrogens with one attached hydrogen (secondary N) is 2. The fraction of sp³-hybridized carbons (Fsp3) is 0.722. The molecule has 1 aromatic heterocycles. The second kappa shape index (κ2) is 8.70. The summed E-state index contributed by atoms with van der Waals surface area (Å²) in [5, 5.41) is 9.84. The third kappa shape index (κ3) is 4.66. The minimum atomic E-state index is 0.263. The lowest BCUT2D eigenvalue weighted by Crippen LogP contribution is -2.45. The van der Waals surface area contributed by atoms with E-state index in [1.165, 1.54) is 12.8 Å². The molecule has 0 radical (unpaired) electrons. The molecular formula is C18H30N6OS. The predicted octanol–water partition coefficient (Wildman–Crippen LogP) is 1.67. The van der Waals surface area contributed by atoms with Crippen molar-refractivity contribution in [2.75, 3.05) is 39.1 Å². The van der Waals surface area contributed by atoms with E-state index in [2.05, 4.69) is 26.0 Å². The zero-order valence-electron chi connectivity index (χ0n) is 16.0. The first-order valence-electron chi connectivity index (χ1n) is 9.44. The van der Waals surface area contributed by atoms with Crippen molar-refractivity contribution in [1.29, 1.82) is 0 Å². The Bertz CT molecular complexity index is 637. The molecule has 0 bridgehead atoms. The molecule has 2 fully saturated rings. The van der Waals surface area contributed by atoms with Crippen molar-refractivity contribution in [1.82, 2.24) is 20.5 Å². The van der Waals surface area contributed by atoms with Crippen LogP contribution in [0.15, 0.2) is 10.4 Å². The van der Waals surface area contributed by atoms with Crippen molar-refractivity contribution in [2.24, 2.45) is 10.9 Å². The number of carbonyl (C=O) groups is 1. The molecule has 26 heavy (non-hydrogen) atoms. The van der Waals surface area contributed by atoms with Gasteiger partial charge in [0.1, 0.15) is 0 Å². The smallest absolute Gasteiger partial charge is 0.225 e. The summed E-state index contributed by atoms with van der Waals surface area (Å²) in [6, 6.07) is 0.263. The maximum absolute atomic E-state index is 12.6. The number of aliphatic imine (C=N–C) groups is 1. The Labute approximate surface area is 159 Å². The maximum atomic E-state index is 12.6. The molecule has 1 unspecified atom stereocenters. The molecule has 1 saturated carbocycles. The van der Waals surface area contributed by atoms with Crippen LogP contribution in [0.2, 0.25) is 0 Å². The molecule has 0 spiro atoms. The van der Waals surface area contributed by atoms with E-state index < -0.39 is 0 Å². The van der Waals surface area contributed by atoms with Crippen LogP contribution in [-0.2, 0) is 11.3 Å². The highest BCUT2D eigenvalue weighted by Gasteiger charge is 2.32. The normalized spacial score (nSPS) is 21.3. The van der Waals surface area contributed by atoms with Gasteiger partial charge in [0.25, 0.3) is 0 Å². The molecule has 1 aromatic rings. The molecule has 0 aromatic carbocycles. The standard InChI is InChI=1S/C18H30N6OS/c1-19-17(20-10-15-12-26-18(22-15)23(2)3)21-14-8-9-24(11-14)16(25)13-6-4-5-7-13/h12-14H,4-11H2,1-3H3,(H2,19,20,21). The number of guanidine groups is 1. The summed E-state index contributed by atoms with van der Waals surface area (Å²) in [4.78, 5) is 25.5. The second-order valence-electron chi connectivity index (χ2n) is 7.34. The molecule has 3 rings (SSSR count). The summed E-state index contributed by atoms with van der Waals surface area (Å²) in [6.07, 6.45) is 5.52. The van der Waals surface area contributed by atoms with Crippen molar-refractivity contribution in [3.05, 3.63) is 11.1 Å². The van der Waals surface area contributed by atoms with Crippen LogP contribution < -0.4 is 15.5 Å². The van der Waals surface area contributed by atoms with Gasteiger partial charge in [-0.3, -0.25) is 9.79 Å². The quantitative estimate of drug-likeness (QED) is 0.602. The van der Waals surface area contributed by atoms with Crippen molar-refractivity contribution < 1.29 is 4.79 Å². The van der Waals surface area contributed by atoms with Gasteiger partial charge in [0.2, 0.25) is 5.91 Å². The third-order valence-electron chi connectivity index (χ3n) is 5.13. The van der Waals surface area contributed by atoms with Gasteiger partial charge in [-0.25, -0.2) is 4.98 Å². The van der Waals surface area contributed by atoms with Gasteiger partial charge in [-0.05, 0) is 19.3 Å². The van der Waals surface area contributed by atoms with E-state index in [-0.39, 0.29) is 12.0 Å². The monoisotopic (exact) mass is 378 g/mol. The maximum Gasteiger partial charge on any atom is 0.225 e. The van der Waals surface area contributed by atoms with E-state index in [0.29, 0.717) is 12.5 Å². The largest absolute Gasteiger partial charge is 0.354 e. The lowest BCUT2D eigenvalue weighted by molar-refractivity contribution is -0.134. The number of carbonyl (C=O) groups excluding carboxylic acids is 1. The van der Waals surface area contributed by atoms with Crippen LogP contribution in [0.25, 0.3) is 0 Å². The number of hydrogen-bond donors (Lipinski definition) is 2. The lowest BCUT2D eigenvalue weighted by atomic mass is 10.1. The van der Waals surface area contributed by atoms with Gasteiger partial charge in [-0.1, -0.05) is 12.8 Å². The number of hydrogen-bond acceptors (Lipinski definition) is 5. The number of amides is 1. The van der Waals surface area contributed by atoms with Gasteiger partial charge >= 0.3 is 0 Å². The van der Waals surface area contributed by atoms with Crippen LogP contribution >= 0.6 is 11.3 Å². The van der Waals surface area contributed by atoms with Gasteiger partial charge in [0.05, 0.1) is 12.2 Å².